The molecule has 4 nitrogen and oxygen atoms in total. The fraction of sp³-hybridized carbons (Fsp3) is 0.625. The molecule has 0 aliphatic heterocycles. The molecule has 0 saturated carbocycles. The first-order valence-electron chi connectivity index (χ1n) is 7.20. The Morgan fingerprint density at radius 3 is 2.30 bits per heavy atom. The number of nitrogens with one attached hydrogen (secondary N) is 1. The van der Waals surface area contributed by atoms with Gasteiger partial charge in [-0.25, -0.2) is 0 Å². The van der Waals surface area contributed by atoms with Crippen molar-refractivity contribution in [2.24, 2.45) is 0 Å². The maximum atomic E-state index is 10.1. The van der Waals surface area contributed by atoms with Gasteiger partial charge in [-0.1, -0.05) is 38.1 Å². The summed E-state index contributed by atoms with van der Waals surface area (Å²) in [6, 6.07) is 8.15. The predicted molar refractivity (Wildman–Crippen MR) is 81.1 cm³/mol. The van der Waals surface area contributed by atoms with Crippen molar-refractivity contribution in [2.45, 2.75) is 25.9 Å². The second-order valence-corrected chi connectivity index (χ2v) is 5.15. The molecule has 114 valence electrons. The first-order valence-corrected chi connectivity index (χ1v) is 7.20. The molecule has 0 radical (unpaired) electrons. The van der Waals surface area contributed by atoms with Crippen LogP contribution in [0.1, 0.15) is 37.0 Å². The topological polar surface area (TPSA) is 50.7 Å². The van der Waals surface area contributed by atoms with Crippen LogP contribution in [0.5, 0.6) is 0 Å². The third kappa shape index (κ3) is 6.48. The van der Waals surface area contributed by atoms with E-state index in [0.29, 0.717) is 32.3 Å². The maximum Gasteiger partial charge on any atom is 0.0914 e. The number of aliphatic hydroxyl groups excluding tert-OH is 1. The van der Waals surface area contributed by atoms with Crippen LogP contribution >= 0.6 is 0 Å². The molecule has 0 aromatic heterocycles. The summed E-state index contributed by atoms with van der Waals surface area (Å²) in [5.41, 5.74) is 2.24. The maximum absolute atomic E-state index is 10.1. The standard InChI is InChI=1S/C16H27NO3/c1-13(2)14-4-6-15(7-5-14)16(18)12-17-8-9-20-11-10-19-3/h4-7,13,16-18H,8-12H2,1-3H3. The Hall–Kier alpha value is -0.940. The number of benzene rings is 1. The SMILES string of the molecule is COCCOCCNCC(O)c1ccc(C(C)C)cc1. The molecule has 0 heterocycles. The molecule has 4 heteroatoms. The molecular formula is C16H27NO3. The Balaban J connectivity index is 2.20. The molecule has 0 amide bonds. The molecule has 1 aromatic carbocycles. The molecule has 0 aliphatic rings. The summed E-state index contributed by atoms with van der Waals surface area (Å²) in [6.45, 7) is 7.44. The van der Waals surface area contributed by atoms with Gasteiger partial charge >= 0.3 is 0 Å². The van der Waals surface area contributed by atoms with Crippen molar-refractivity contribution in [3.05, 3.63) is 35.4 Å². The Morgan fingerprint density at radius 1 is 1.05 bits per heavy atom. The van der Waals surface area contributed by atoms with Crippen molar-refractivity contribution in [3.63, 3.8) is 0 Å². The van der Waals surface area contributed by atoms with Gasteiger partial charge in [-0.3, -0.25) is 0 Å². The zero-order valence-electron chi connectivity index (χ0n) is 12.8. The van der Waals surface area contributed by atoms with E-state index >= 15 is 0 Å². The van der Waals surface area contributed by atoms with Crippen molar-refractivity contribution in [2.75, 3.05) is 40.0 Å². The molecule has 0 fully saturated rings. The highest BCUT2D eigenvalue weighted by Crippen LogP contribution is 2.18. The van der Waals surface area contributed by atoms with Crippen LogP contribution in [0.2, 0.25) is 0 Å². The minimum Gasteiger partial charge on any atom is -0.387 e. The summed E-state index contributed by atoms with van der Waals surface area (Å²) in [5, 5.41) is 13.2. The van der Waals surface area contributed by atoms with Crippen molar-refractivity contribution in [3.8, 4) is 0 Å². The Kier molecular flexibility index (Phi) is 8.46. The first-order chi connectivity index (χ1) is 9.65. The number of aliphatic hydroxyl groups is 1. The van der Waals surface area contributed by atoms with Crippen molar-refractivity contribution >= 4 is 0 Å². The number of methoxy groups -OCH3 is 1. The number of hydrogen-bond donors (Lipinski definition) is 2. The highest BCUT2D eigenvalue weighted by molar-refractivity contribution is 5.26. The largest absolute Gasteiger partial charge is 0.387 e. The summed E-state index contributed by atoms with van der Waals surface area (Å²) in [5.74, 6) is 0.517. The zero-order valence-corrected chi connectivity index (χ0v) is 12.8. The normalized spacial score (nSPS) is 12.8. The third-order valence-corrected chi connectivity index (χ3v) is 3.18. The van der Waals surface area contributed by atoms with Crippen LogP contribution in [0.15, 0.2) is 24.3 Å². The van der Waals surface area contributed by atoms with E-state index in [1.165, 1.54) is 5.56 Å². The third-order valence-electron chi connectivity index (χ3n) is 3.18. The summed E-state index contributed by atoms with van der Waals surface area (Å²) in [6.07, 6.45) is -0.477. The predicted octanol–water partition coefficient (Wildman–Crippen LogP) is 2.10. The number of rotatable bonds is 10. The van der Waals surface area contributed by atoms with E-state index in [4.69, 9.17) is 9.47 Å². The van der Waals surface area contributed by atoms with Crippen LogP contribution in [0, 0.1) is 0 Å². The van der Waals surface area contributed by atoms with Gasteiger partial charge in [-0.2, -0.15) is 0 Å². The summed E-state index contributed by atoms with van der Waals surface area (Å²) in [7, 11) is 1.66. The lowest BCUT2D eigenvalue weighted by Gasteiger charge is -2.13. The fourth-order valence-corrected chi connectivity index (χ4v) is 1.85. The molecule has 1 rings (SSSR count). The molecule has 0 spiro atoms. The molecule has 0 bridgehead atoms. The van der Waals surface area contributed by atoms with Crippen LogP contribution < -0.4 is 5.32 Å². The van der Waals surface area contributed by atoms with Crippen molar-refractivity contribution in [1.29, 1.82) is 0 Å². The lowest BCUT2D eigenvalue weighted by molar-refractivity contribution is 0.0703. The lowest BCUT2D eigenvalue weighted by Crippen LogP contribution is -2.25. The number of ether oxygens (including phenoxy) is 2. The second kappa shape index (κ2) is 9.88. The van der Waals surface area contributed by atoms with Crippen LogP contribution in [0.25, 0.3) is 0 Å². The quantitative estimate of drug-likeness (QED) is 0.645. The summed E-state index contributed by atoms with van der Waals surface area (Å²) in [4.78, 5) is 0. The van der Waals surface area contributed by atoms with E-state index in [9.17, 15) is 5.11 Å². The average Bonchev–Trinajstić information content (AvgIpc) is 2.46. The molecular weight excluding hydrogens is 254 g/mol. The number of hydrogen-bond acceptors (Lipinski definition) is 4. The highest BCUT2D eigenvalue weighted by atomic mass is 16.5. The van der Waals surface area contributed by atoms with Gasteiger partial charge in [0.05, 0.1) is 25.9 Å². The zero-order chi connectivity index (χ0) is 14.8. The van der Waals surface area contributed by atoms with Gasteiger partial charge in [-0.05, 0) is 17.0 Å². The second-order valence-electron chi connectivity index (χ2n) is 5.15. The van der Waals surface area contributed by atoms with Gasteiger partial charge in [0.15, 0.2) is 0 Å². The van der Waals surface area contributed by atoms with Crippen LogP contribution in [-0.4, -0.2) is 45.1 Å². The van der Waals surface area contributed by atoms with E-state index in [0.717, 1.165) is 12.1 Å². The summed E-state index contributed by atoms with van der Waals surface area (Å²) < 4.78 is 10.2. The average molecular weight is 281 g/mol. The van der Waals surface area contributed by atoms with E-state index in [2.05, 4.69) is 31.3 Å². The van der Waals surface area contributed by atoms with Crippen molar-refractivity contribution in [1.82, 2.24) is 5.32 Å². The minimum atomic E-state index is -0.477. The summed E-state index contributed by atoms with van der Waals surface area (Å²) >= 11 is 0. The molecule has 1 unspecified atom stereocenters. The minimum absolute atomic E-state index is 0.477. The first kappa shape index (κ1) is 17.1. The van der Waals surface area contributed by atoms with Gasteiger partial charge in [-0.15, -0.1) is 0 Å². The smallest absolute Gasteiger partial charge is 0.0914 e. The Labute approximate surface area is 122 Å². The van der Waals surface area contributed by atoms with Gasteiger partial charge < -0.3 is 19.9 Å². The van der Waals surface area contributed by atoms with E-state index in [-0.39, 0.29) is 0 Å². The van der Waals surface area contributed by atoms with Gasteiger partial charge in [0.25, 0.3) is 0 Å². The monoisotopic (exact) mass is 281 g/mol. The lowest BCUT2D eigenvalue weighted by atomic mass is 10.00. The Morgan fingerprint density at radius 2 is 1.70 bits per heavy atom. The molecule has 0 saturated heterocycles. The Bertz CT molecular complexity index is 351. The van der Waals surface area contributed by atoms with E-state index < -0.39 is 6.10 Å². The highest BCUT2D eigenvalue weighted by Gasteiger charge is 2.07. The molecule has 20 heavy (non-hydrogen) atoms. The van der Waals surface area contributed by atoms with Crippen molar-refractivity contribution < 1.29 is 14.6 Å². The van der Waals surface area contributed by atoms with Crippen LogP contribution in [-0.2, 0) is 9.47 Å². The van der Waals surface area contributed by atoms with Gasteiger partial charge in [0.1, 0.15) is 0 Å². The van der Waals surface area contributed by atoms with E-state index in [1.54, 1.807) is 7.11 Å². The molecule has 0 aliphatic carbocycles. The van der Waals surface area contributed by atoms with E-state index in [1.807, 2.05) is 12.1 Å². The fourth-order valence-electron chi connectivity index (χ4n) is 1.85. The van der Waals surface area contributed by atoms with Gasteiger partial charge in [0, 0.05) is 20.2 Å². The molecule has 1 atom stereocenters. The van der Waals surface area contributed by atoms with Gasteiger partial charge in [0.2, 0.25) is 0 Å². The molecule has 2 N–H and O–H groups in total. The van der Waals surface area contributed by atoms with Crippen LogP contribution in [0.4, 0.5) is 0 Å². The molecule has 1 aromatic rings. The van der Waals surface area contributed by atoms with Crippen LogP contribution in [0.3, 0.4) is 0 Å².